The SMILES string of the molecule is CCC(CC)(C(=O)c1ccc(C)cc1C)N1CCCC1. The molecular weight excluding hydrogens is 246 g/mol. The van der Waals surface area contributed by atoms with Crippen LogP contribution in [0.15, 0.2) is 18.2 Å². The van der Waals surface area contributed by atoms with Crippen LogP contribution in [0.3, 0.4) is 0 Å². The van der Waals surface area contributed by atoms with Crippen LogP contribution in [0.4, 0.5) is 0 Å². The van der Waals surface area contributed by atoms with Gasteiger partial charge >= 0.3 is 0 Å². The first kappa shape index (κ1) is 15.2. The Bertz CT molecular complexity index is 482. The minimum atomic E-state index is -0.295. The van der Waals surface area contributed by atoms with Crippen molar-refractivity contribution >= 4 is 5.78 Å². The molecule has 0 atom stereocenters. The van der Waals surface area contributed by atoms with Crippen molar-refractivity contribution in [1.29, 1.82) is 0 Å². The summed E-state index contributed by atoms with van der Waals surface area (Å²) in [7, 11) is 0. The van der Waals surface area contributed by atoms with Crippen LogP contribution in [0, 0.1) is 13.8 Å². The molecule has 1 fully saturated rings. The number of likely N-dealkylation sites (tertiary alicyclic amines) is 1. The van der Waals surface area contributed by atoms with Crippen LogP contribution in [0.2, 0.25) is 0 Å². The quantitative estimate of drug-likeness (QED) is 0.751. The van der Waals surface area contributed by atoms with Crippen LogP contribution < -0.4 is 0 Å². The Morgan fingerprint density at radius 3 is 2.25 bits per heavy atom. The van der Waals surface area contributed by atoms with Crippen LogP contribution in [0.1, 0.15) is 61.0 Å². The molecule has 0 N–H and O–H groups in total. The van der Waals surface area contributed by atoms with Gasteiger partial charge in [-0.15, -0.1) is 0 Å². The molecule has 1 aliphatic rings. The van der Waals surface area contributed by atoms with Crippen molar-refractivity contribution in [3.8, 4) is 0 Å². The average molecular weight is 273 g/mol. The van der Waals surface area contributed by atoms with Crippen molar-refractivity contribution in [2.75, 3.05) is 13.1 Å². The number of benzene rings is 1. The normalized spacial score (nSPS) is 16.6. The van der Waals surface area contributed by atoms with Gasteiger partial charge in [0.25, 0.3) is 0 Å². The van der Waals surface area contributed by atoms with Crippen molar-refractivity contribution < 1.29 is 4.79 Å². The first-order valence-electron chi connectivity index (χ1n) is 7.92. The molecule has 0 radical (unpaired) electrons. The summed E-state index contributed by atoms with van der Waals surface area (Å²) >= 11 is 0. The fourth-order valence-electron chi connectivity index (χ4n) is 3.63. The molecule has 0 saturated carbocycles. The van der Waals surface area contributed by atoms with E-state index < -0.39 is 0 Å². The Hall–Kier alpha value is -1.15. The fraction of sp³-hybridized carbons (Fsp3) is 0.611. The van der Waals surface area contributed by atoms with Gasteiger partial charge in [-0.3, -0.25) is 9.69 Å². The van der Waals surface area contributed by atoms with Crippen LogP contribution in [-0.2, 0) is 0 Å². The second-order valence-electron chi connectivity index (χ2n) is 6.08. The number of carbonyl (C=O) groups excluding carboxylic acids is 1. The van der Waals surface area contributed by atoms with Gasteiger partial charge in [-0.2, -0.15) is 0 Å². The zero-order chi connectivity index (χ0) is 14.8. The average Bonchev–Trinajstić information content (AvgIpc) is 2.95. The van der Waals surface area contributed by atoms with Crippen LogP contribution >= 0.6 is 0 Å². The third-order valence-corrected chi connectivity index (χ3v) is 4.93. The van der Waals surface area contributed by atoms with Gasteiger partial charge in [0.15, 0.2) is 5.78 Å². The van der Waals surface area contributed by atoms with E-state index in [1.165, 1.54) is 18.4 Å². The summed E-state index contributed by atoms with van der Waals surface area (Å²) < 4.78 is 0. The highest BCUT2D eigenvalue weighted by Crippen LogP contribution is 2.32. The van der Waals surface area contributed by atoms with Gasteiger partial charge in [0, 0.05) is 5.56 Å². The fourth-order valence-corrected chi connectivity index (χ4v) is 3.63. The molecule has 1 saturated heterocycles. The maximum absolute atomic E-state index is 13.2. The lowest BCUT2D eigenvalue weighted by Crippen LogP contribution is -2.52. The monoisotopic (exact) mass is 273 g/mol. The number of carbonyl (C=O) groups is 1. The van der Waals surface area contributed by atoms with Crippen molar-refractivity contribution in [1.82, 2.24) is 4.90 Å². The van der Waals surface area contributed by atoms with E-state index in [1.807, 2.05) is 6.07 Å². The lowest BCUT2D eigenvalue weighted by atomic mass is 9.81. The maximum atomic E-state index is 13.2. The molecule has 110 valence electrons. The molecule has 1 aromatic rings. The van der Waals surface area contributed by atoms with Gasteiger partial charge in [-0.05, 0) is 58.2 Å². The largest absolute Gasteiger partial charge is 0.292 e. The third-order valence-electron chi connectivity index (χ3n) is 4.93. The number of ketones is 1. The second-order valence-corrected chi connectivity index (χ2v) is 6.08. The summed E-state index contributed by atoms with van der Waals surface area (Å²) in [4.78, 5) is 15.6. The van der Waals surface area contributed by atoms with Crippen LogP contribution in [0.25, 0.3) is 0 Å². The van der Waals surface area contributed by atoms with Crippen LogP contribution in [-0.4, -0.2) is 29.3 Å². The van der Waals surface area contributed by atoms with Crippen molar-refractivity contribution in [3.63, 3.8) is 0 Å². The first-order chi connectivity index (χ1) is 9.55. The van der Waals surface area contributed by atoms with Crippen LogP contribution in [0.5, 0.6) is 0 Å². The van der Waals surface area contributed by atoms with Gasteiger partial charge in [-0.1, -0.05) is 37.6 Å². The number of rotatable bonds is 5. The van der Waals surface area contributed by atoms with E-state index in [2.05, 4.69) is 44.7 Å². The number of aryl methyl sites for hydroxylation is 2. The summed E-state index contributed by atoms with van der Waals surface area (Å²) in [5.74, 6) is 0.321. The van der Waals surface area contributed by atoms with Gasteiger partial charge in [0.05, 0.1) is 5.54 Å². The van der Waals surface area contributed by atoms with E-state index in [0.29, 0.717) is 5.78 Å². The maximum Gasteiger partial charge on any atom is 0.183 e. The minimum Gasteiger partial charge on any atom is -0.292 e. The second kappa shape index (κ2) is 6.09. The molecule has 0 bridgehead atoms. The zero-order valence-corrected chi connectivity index (χ0v) is 13.3. The van der Waals surface area contributed by atoms with E-state index in [-0.39, 0.29) is 5.54 Å². The molecule has 1 heterocycles. The number of hydrogen-bond acceptors (Lipinski definition) is 2. The van der Waals surface area contributed by atoms with Crippen molar-refractivity contribution in [2.45, 2.75) is 58.9 Å². The molecular formula is C18H27NO. The summed E-state index contributed by atoms with van der Waals surface area (Å²) in [6.45, 7) is 10.6. The van der Waals surface area contributed by atoms with E-state index in [9.17, 15) is 4.79 Å². The smallest absolute Gasteiger partial charge is 0.183 e. The lowest BCUT2D eigenvalue weighted by molar-refractivity contribution is 0.0581. The Labute approximate surface area is 123 Å². The molecule has 20 heavy (non-hydrogen) atoms. The van der Waals surface area contributed by atoms with Crippen molar-refractivity contribution in [3.05, 3.63) is 34.9 Å². The third kappa shape index (κ3) is 2.54. The summed E-state index contributed by atoms with van der Waals surface area (Å²) in [6, 6.07) is 6.19. The highest BCUT2D eigenvalue weighted by molar-refractivity contribution is 6.04. The Morgan fingerprint density at radius 1 is 1.15 bits per heavy atom. The lowest BCUT2D eigenvalue weighted by Gasteiger charge is -2.39. The molecule has 0 spiro atoms. The Kier molecular flexibility index (Phi) is 4.64. The summed E-state index contributed by atoms with van der Waals surface area (Å²) in [6.07, 6.45) is 4.25. The predicted molar refractivity (Wildman–Crippen MR) is 84.4 cm³/mol. The Balaban J connectivity index is 2.40. The zero-order valence-electron chi connectivity index (χ0n) is 13.3. The van der Waals surface area contributed by atoms with Gasteiger partial charge in [-0.25, -0.2) is 0 Å². The number of nitrogens with zero attached hydrogens (tertiary/aromatic N) is 1. The van der Waals surface area contributed by atoms with E-state index in [4.69, 9.17) is 0 Å². The van der Waals surface area contributed by atoms with Gasteiger partial charge in [0.1, 0.15) is 0 Å². The predicted octanol–water partition coefficient (Wildman–Crippen LogP) is 4.14. The molecule has 2 heteroatoms. The topological polar surface area (TPSA) is 20.3 Å². The highest BCUT2D eigenvalue weighted by atomic mass is 16.1. The molecule has 2 nitrogen and oxygen atoms in total. The van der Waals surface area contributed by atoms with E-state index in [1.54, 1.807) is 0 Å². The van der Waals surface area contributed by atoms with Crippen molar-refractivity contribution in [2.24, 2.45) is 0 Å². The molecule has 1 aromatic carbocycles. The first-order valence-corrected chi connectivity index (χ1v) is 7.92. The van der Waals surface area contributed by atoms with E-state index >= 15 is 0 Å². The standard InChI is InChI=1S/C18H27NO/c1-5-18(6-2,19-11-7-8-12-19)17(20)16-10-9-14(3)13-15(16)4/h9-10,13H,5-8,11-12H2,1-4H3. The Morgan fingerprint density at radius 2 is 1.75 bits per heavy atom. The summed E-state index contributed by atoms with van der Waals surface area (Å²) in [5.41, 5.74) is 2.95. The minimum absolute atomic E-state index is 0.295. The molecule has 1 aliphatic heterocycles. The molecule has 0 amide bonds. The van der Waals surface area contributed by atoms with E-state index in [0.717, 1.165) is 37.1 Å². The number of Topliss-reactive ketones (excluding diaryl/α,β-unsaturated/α-hetero) is 1. The molecule has 2 rings (SSSR count). The molecule has 0 aliphatic carbocycles. The van der Waals surface area contributed by atoms with Gasteiger partial charge in [0.2, 0.25) is 0 Å². The summed E-state index contributed by atoms with van der Waals surface area (Å²) in [5, 5.41) is 0. The highest BCUT2D eigenvalue weighted by Gasteiger charge is 2.42. The molecule has 0 unspecified atom stereocenters. The molecule has 0 aromatic heterocycles. The number of hydrogen-bond donors (Lipinski definition) is 0. The van der Waals surface area contributed by atoms with Gasteiger partial charge < -0.3 is 0 Å².